The first kappa shape index (κ1) is 12.6. The van der Waals surface area contributed by atoms with Gasteiger partial charge in [0.25, 0.3) is 0 Å². The zero-order valence-corrected chi connectivity index (χ0v) is 11.3. The predicted molar refractivity (Wildman–Crippen MR) is 72.9 cm³/mol. The van der Waals surface area contributed by atoms with Crippen molar-refractivity contribution in [2.75, 3.05) is 20.2 Å². The van der Waals surface area contributed by atoms with Crippen LogP contribution in [0.2, 0.25) is 0 Å². The Morgan fingerprint density at radius 1 is 1.37 bits per heavy atom. The minimum absolute atomic E-state index is 0.373. The summed E-state index contributed by atoms with van der Waals surface area (Å²) >= 11 is 0. The van der Waals surface area contributed by atoms with E-state index in [1.165, 1.54) is 19.3 Å². The van der Waals surface area contributed by atoms with E-state index in [1.54, 1.807) is 0 Å². The average Bonchev–Trinajstić information content (AvgIpc) is 2.83. The van der Waals surface area contributed by atoms with Gasteiger partial charge in [-0.25, -0.2) is 0 Å². The largest absolute Gasteiger partial charge is 0.377 e. The van der Waals surface area contributed by atoms with Crippen LogP contribution in [0.1, 0.15) is 25.1 Å². The van der Waals surface area contributed by atoms with E-state index in [1.807, 2.05) is 28.8 Å². The van der Waals surface area contributed by atoms with Gasteiger partial charge in [0, 0.05) is 19.3 Å². The zero-order chi connectivity index (χ0) is 13.1. The van der Waals surface area contributed by atoms with E-state index in [9.17, 15) is 0 Å². The van der Waals surface area contributed by atoms with Crippen molar-refractivity contribution in [3.8, 4) is 0 Å². The molecule has 19 heavy (non-hydrogen) atoms. The van der Waals surface area contributed by atoms with E-state index in [0.717, 1.165) is 31.2 Å². The summed E-state index contributed by atoms with van der Waals surface area (Å²) < 4.78 is 7.81. The fourth-order valence-electron chi connectivity index (χ4n) is 2.60. The molecule has 0 spiro atoms. The molecule has 1 aliphatic rings. The molecule has 2 aromatic heterocycles. The monoisotopic (exact) mass is 260 g/mol. The van der Waals surface area contributed by atoms with Crippen LogP contribution in [0.25, 0.3) is 5.65 Å². The van der Waals surface area contributed by atoms with E-state index in [2.05, 4.69) is 22.1 Å². The minimum atomic E-state index is 0.373. The van der Waals surface area contributed by atoms with E-state index >= 15 is 0 Å². The predicted octanol–water partition coefficient (Wildman–Crippen LogP) is 1.73. The van der Waals surface area contributed by atoms with Crippen LogP contribution in [-0.2, 0) is 11.3 Å². The highest BCUT2D eigenvalue weighted by molar-refractivity contribution is 5.36. The Hall–Kier alpha value is -1.46. The van der Waals surface area contributed by atoms with Gasteiger partial charge in [-0.1, -0.05) is 6.07 Å². The molecule has 0 aromatic carbocycles. The third kappa shape index (κ3) is 2.93. The molecule has 1 atom stereocenters. The average molecular weight is 260 g/mol. The van der Waals surface area contributed by atoms with Crippen molar-refractivity contribution in [2.24, 2.45) is 0 Å². The van der Waals surface area contributed by atoms with Gasteiger partial charge in [-0.05, 0) is 38.4 Å². The van der Waals surface area contributed by atoms with E-state index in [-0.39, 0.29) is 0 Å². The Balaban J connectivity index is 1.63. The van der Waals surface area contributed by atoms with Crippen LogP contribution in [0.4, 0.5) is 0 Å². The molecule has 1 saturated heterocycles. The maximum absolute atomic E-state index is 5.77. The van der Waals surface area contributed by atoms with Gasteiger partial charge >= 0.3 is 0 Å². The highest BCUT2D eigenvalue weighted by Crippen LogP contribution is 2.14. The first-order chi connectivity index (χ1) is 9.33. The first-order valence-electron chi connectivity index (χ1n) is 6.92. The van der Waals surface area contributed by atoms with Crippen molar-refractivity contribution in [3.05, 3.63) is 30.2 Å². The van der Waals surface area contributed by atoms with Crippen LogP contribution < -0.4 is 0 Å². The molecule has 102 valence electrons. The van der Waals surface area contributed by atoms with Gasteiger partial charge in [0.15, 0.2) is 11.5 Å². The number of hydrogen-bond acceptors (Lipinski definition) is 4. The number of rotatable bonds is 4. The van der Waals surface area contributed by atoms with E-state index < -0.39 is 0 Å². The Kier molecular flexibility index (Phi) is 3.75. The van der Waals surface area contributed by atoms with E-state index in [0.29, 0.717) is 6.10 Å². The highest BCUT2D eigenvalue weighted by Gasteiger charge is 2.17. The second kappa shape index (κ2) is 5.67. The van der Waals surface area contributed by atoms with Gasteiger partial charge in [-0.2, -0.15) is 0 Å². The lowest BCUT2D eigenvalue weighted by atomic mass is 10.1. The molecule has 1 fully saturated rings. The number of fused-ring (bicyclic) bond motifs is 1. The summed E-state index contributed by atoms with van der Waals surface area (Å²) in [5, 5.41) is 8.43. The third-order valence-corrected chi connectivity index (χ3v) is 3.58. The van der Waals surface area contributed by atoms with E-state index in [4.69, 9.17) is 4.74 Å². The SMILES string of the molecule is CN(Cc1nnc2ccccn12)C[C@@H]1CCCCO1. The first-order valence-corrected chi connectivity index (χ1v) is 6.92. The van der Waals surface area contributed by atoms with Gasteiger partial charge in [0.05, 0.1) is 12.6 Å². The summed E-state index contributed by atoms with van der Waals surface area (Å²) in [5.74, 6) is 0.980. The molecule has 0 bridgehead atoms. The molecular formula is C14H20N4O. The fourth-order valence-corrected chi connectivity index (χ4v) is 2.60. The maximum atomic E-state index is 5.77. The summed E-state index contributed by atoms with van der Waals surface area (Å²) in [6.07, 6.45) is 6.04. The summed E-state index contributed by atoms with van der Waals surface area (Å²) in [4.78, 5) is 2.26. The highest BCUT2D eigenvalue weighted by atomic mass is 16.5. The molecule has 0 saturated carbocycles. The molecule has 0 aliphatic carbocycles. The topological polar surface area (TPSA) is 42.7 Å². The van der Waals surface area contributed by atoms with Crippen molar-refractivity contribution in [2.45, 2.75) is 31.9 Å². The number of hydrogen-bond donors (Lipinski definition) is 0. The Labute approximate surface area is 113 Å². The molecule has 2 aromatic rings. The van der Waals surface area contributed by atoms with Crippen molar-refractivity contribution >= 4 is 5.65 Å². The van der Waals surface area contributed by atoms with Crippen LogP contribution in [0, 0.1) is 0 Å². The minimum Gasteiger partial charge on any atom is -0.377 e. The van der Waals surface area contributed by atoms with Crippen LogP contribution in [0.5, 0.6) is 0 Å². The molecule has 0 amide bonds. The molecule has 5 heteroatoms. The van der Waals surface area contributed by atoms with Gasteiger partial charge < -0.3 is 4.74 Å². The quantitative estimate of drug-likeness (QED) is 0.839. The summed E-state index contributed by atoms with van der Waals surface area (Å²) in [5.41, 5.74) is 0.903. The number of nitrogens with zero attached hydrogens (tertiary/aromatic N) is 4. The second-order valence-electron chi connectivity index (χ2n) is 5.23. The lowest BCUT2D eigenvalue weighted by Crippen LogP contribution is -2.33. The summed E-state index contributed by atoms with van der Waals surface area (Å²) in [6, 6.07) is 5.96. The van der Waals surface area contributed by atoms with Crippen molar-refractivity contribution in [3.63, 3.8) is 0 Å². The normalized spacial score (nSPS) is 20.2. The van der Waals surface area contributed by atoms with Crippen LogP contribution in [-0.4, -0.2) is 45.8 Å². The smallest absolute Gasteiger partial charge is 0.160 e. The molecule has 0 N–H and O–H groups in total. The van der Waals surface area contributed by atoms with Gasteiger partial charge in [-0.3, -0.25) is 9.30 Å². The number of ether oxygens (including phenoxy) is 1. The van der Waals surface area contributed by atoms with Crippen LogP contribution >= 0.6 is 0 Å². The molecule has 5 nitrogen and oxygen atoms in total. The van der Waals surface area contributed by atoms with Crippen molar-refractivity contribution < 1.29 is 4.74 Å². The van der Waals surface area contributed by atoms with Gasteiger partial charge in [0.2, 0.25) is 0 Å². The van der Waals surface area contributed by atoms with Gasteiger partial charge in [-0.15, -0.1) is 10.2 Å². The molecule has 3 rings (SSSR count). The molecule has 0 unspecified atom stereocenters. The second-order valence-corrected chi connectivity index (χ2v) is 5.23. The number of aromatic nitrogens is 3. The standard InChI is InChI=1S/C14H20N4O/c1-17(10-12-6-3-5-9-19-12)11-14-16-15-13-7-2-4-8-18(13)14/h2,4,7-8,12H,3,5-6,9-11H2,1H3/t12-/m0/s1. The zero-order valence-electron chi connectivity index (χ0n) is 11.3. The summed E-state index contributed by atoms with van der Waals surface area (Å²) in [7, 11) is 2.11. The Morgan fingerprint density at radius 3 is 3.16 bits per heavy atom. The molecule has 0 radical (unpaired) electrons. The molecule has 1 aliphatic heterocycles. The molecule has 3 heterocycles. The Bertz CT molecular complexity index is 533. The fraction of sp³-hybridized carbons (Fsp3) is 0.571. The number of likely N-dealkylation sites (N-methyl/N-ethyl adjacent to an activating group) is 1. The third-order valence-electron chi connectivity index (χ3n) is 3.58. The van der Waals surface area contributed by atoms with Crippen molar-refractivity contribution in [1.82, 2.24) is 19.5 Å². The maximum Gasteiger partial charge on any atom is 0.160 e. The lowest BCUT2D eigenvalue weighted by Gasteiger charge is -2.26. The summed E-state index contributed by atoms with van der Waals surface area (Å²) in [6.45, 7) is 2.67. The Morgan fingerprint density at radius 2 is 2.32 bits per heavy atom. The lowest BCUT2D eigenvalue weighted by molar-refractivity contribution is -0.00295. The molecular weight excluding hydrogens is 240 g/mol. The number of pyridine rings is 1. The van der Waals surface area contributed by atoms with Crippen molar-refractivity contribution in [1.29, 1.82) is 0 Å². The van der Waals surface area contributed by atoms with Gasteiger partial charge in [0.1, 0.15) is 0 Å². The van der Waals surface area contributed by atoms with Crippen LogP contribution in [0.3, 0.4) is 0 Å². The van der Waals surface area contributed by atoms with Crippen LogP contribution in [0.15, 0.2) is 24.4 Å².